The predicted molar refractivity (Wildman–Crippen MR) is 91.2 cm³/mol. The molecule has 3 nitrogen and oxygen atoms in total. The first-order chi connectivity index (χ1) is 11.3. The van der Waals surface area contributed by atoms with Gasteiger partial charge in [0, 0.05) is 30.4 Å². The highest BCUT2D eigenvalue weighted by molar-refractivity contribution is 5.56. The second-order valence-electron chi connectivity index (χ2n) is 7.05. The lowest BCUT2D eigenvalue weighted by molar-refractivity contribution is 0.131. The van der Waals surface area contributed by atoms with E-state index in [-0.39, 0.29) is 18.2 Å². The van der Waals surface area contributed by atoms with E-state index in [1.54, 1.807) is 0 Å². The van der Waals surface area contributed by atoms with Crippen molar-refractivity contribution in [1.29, 1.82) is 0 Å². The average molecular weight is 332 g/mol. The SMILES string of the molecule is CC(C)(C)Oc1ccc(N2Cc3cc(F)cc(F)c3C2CN)cc1. The lowest BCUT2D eigenvalue weighted by atomic mass is 10.0. The number of anilines is 1. The van der Waals surface area contributed by atoms with Gasteiger partial charge in [0.25, 0.3) is 0 Å². The zero-order valence-corrected chi connectivity index (χ0v) is 14.1. The standard InChI is InChI=1S/C19H22F2N2O/c1-19(2,3)24-15-6-4-14(5-7-15)23-11-12-8-13(20)9-16(21)18(12)17(23)10-22/h4-9,17H,10-11,22H2,1-3H3. The van der Waals surface area contributed by atoms with Gasteiger partial charge in [-0.2, -0.15) is 0 Å². The Balaban J connectivity index is 1.89. The molecule has 0 saturated carbocycles. The van der Waals surface area contributed by atoms with Crippen LogP contribution in [0.5, 0.6) is 5.75 Å². The monoisotopic (exact) mass is 332 g/mol. The van der Waals surface area contributed by atoms with Gasteiger partial charge < -0.3 is 15.4 Å². The van der Waals surface area contributed by atoms with Crippen LogP contribution >= 0.6 is 0 Å². The van der Waals surface area contributed by atoms with Crippen LogP contribution in [0.1, 0.15) is 37.9 Å². The van der Waals surface area contributed by atoms with Gasteiger partial charge in [0.2, 0.25) is 0 Å². The molecule has 5 heteroatoms. The molecule has 2 aromatic rings. The Morgan fingerprint density at radius 1 is 1.17 bits per heavy atom. The van der Waals surface area contributed by atoms with Crippen LogP contribution in [-0.2, 0) is 6.54 Å². The zero-order valence-electron chi connectivity index (χ0n) is 14.1. The topological polar surface area (TPSA) is 38.5 Å². The highest BCUT2D eigenvalue weighted by atomic mass is 19.1. The maximum atomic E-state index is 14.2. The van der Waals surface area contributed by atoms with Crippen LogP contribution in [-0.4, -0.2) is 12.1 Å². The quantitative estimate of drug-likeness (QED) is 0.917. The van der Waals surface area contributed by atoms with E-state index in [1.165, 1.54) is 6.07 Å². The molecule has 0 fully saturated rings. The summed E-state index contributed by atoms with van der Waals surface area (Å²) >= 11 is 0. The normalized spacial score (nSPS) is 17.1. The Hall–Kier alpha value is -2.14. The summed E-state index contributed by atoms with van der Waals surface area (Å²) in [6.07, 6.45) is 0. The van der Waals surface area contributed by atoms with Gasteiger partial charge in [0.1, 0.15) is 23.0 Å². The van der Waals surface area contributed by atoms with E-state index >= 15 is 0 Å². The van der Waals surface area contributed by atoms with Crippen LogP contribution in [0.4, 0.5) is 14.5 Å². The Labute approximate surface area is 141 Å². The second kappa shape index (κ2) is 6.06. The minimum atomic E-state index is -0.558. The largest absolute Gasteiger partial charge is 0.488 e. The lowest BCUT2D eigenvalue weighted by Crippen LogP contribution is -2.28. The van der Waals surface area contributed by atoms with Gasteiger partial charge >= 0.3 is 0 Å². The van der Waals surface area contributed by atoms with Crippen molar-refractivity contribution in [2.75, 3.05) is 11.4 Å². The van der Waals surface area contributed by atoms with E-state index in [9.17, 15) is 8.78 Å². The third-order valence-electron chi connectivity index (χ3n) is 4.05. The van der Waals surface area contributed by atoms with Gasteiger partial charge in [0.15, 0.2) is 0 Å². The van der Waals surface area contributed by atoms with Crippen molar-refractivity contribution in [3.05, 3.63) is 59.2 Å². The molecule has 0 bridgehead atoms. The van der Waals surface area contributed by atoms with Crippen LogP contribution in [0.3, 0.4) is 0 Å². The molecular formula is C19H22F2N2O. The van der Waals surface area contributed by atoms with E-state index in [4.69, 9.17) is 10.5 Å². The highest BCUT2D eigenvalue weighted by Crippen LogP contribution is 2.39. The first kappa shape index (κ1) is 16.7. The first-order valence-electron chi connectivity index (χ1n) is 8.02. The number of rotatable bonds is 3. The fourth-order valence-electron chi connectivity index (χ4n) is 3.17. The van der Waals surface area contributed by atoms with Crippen LogP contribution in [0.2, 0.25) is 0 Å². The van der Waals surface area contributed by atoms with Crippen molar-refractivity contribution < 1.29 is 13.5 Å². The van der Waals surface area contributed by atoms with Crippen molar-refractivity contribution in [2.45, 2.75) is 39.0 Å². The second-order valence-corrected chi connectivity index (χ2v) is 7.05. The molecule has 0 radical (unpaired) electrons. The number of hydrogen-bond acceptors (Lipinski definition) is 3. The molecule has 2 N–H and O–H groups in total. The average Bonchev–Trinajstić information content (AvgIpc) is 2.85. The number of benzene rings is 2. The van der Waals surface area contributed by atoms with Crippen LogP contribution in [0.25, 0.3) is 0 Å². The fraction of sp³-hybridized carbons (Fsp3) is 0.368. The van der Waals surface area contributed by atoms with E-state index in [0.717, 1.165) is 17.5 Å². The number of fused-ring (bicyclic) bond motifs is 1. The minimum absolute atomic E-state index is 0.260. The Morgan fingerprint density at radius 3 is 2.42 bits per heavy atom. The molecule has 1 heterocycles. The molecule has 2 aromatic carbocycles. The van der Waals surface area contributed by atoms with Crippen molar-refractivity contribution in [3.63, 3.8) is 0 Å². The number of nitrogens with zero attached hydrogens (tertiary/aromatic N) is 1. The van der Waals surface area contributed by atoms with Crippen molar-refractivity contribution in [1.82, 2.24) is 0 Å². The fourth-order valence-corrected chi connectivity index (χ4v) is 3.17. The number of nitrogens with two attached hydrogens (primary N) is 1. The third kappa shape index (κ3) is 3.22. The molecule has 0 aromatic heterocycles. The molecule has 1 aliphatic rings. The smallest absolute Gasteiger partial charge is 0.131 e. The summed E-state index contributed by atoms with van der Waals surface area (Å²) in [5.41, 5.74) is 7.65. The Kier molecular flexibility index (Phi) is 4.22. The molecule has 0 spiro atoms. The maximum absolute atomic E-state index is 14.2. The molecule has 128 valence electrons. The molecule has 1 unspecified atom stereocenters. The highest BCUT2D eigenvalue weighted by Gasteiger charge is 2.32. The van der Waals surface area contributed by atoms with Crippen molar-refractivity contribution in [3.8, 4) is 5.75 Å². The summed E-state index contributed by atoms with van der Waals surface area (Å²) in [6.45, 7) is 6.65. The van der Waals surface area contributed by atoms with Crippen molar-refractivity contribution in [2.24, 2.45) is 5.73 Å². The van der Waals surface area contributed by atoms with E-state index in [1.807, 2.05) is 49.9 Å². The number of ether oxygens (including phenoxy) is 1. The molecule has 0 amide bonds. The summed E-state index contributed by atoms with van der Waals surface area (Å²) in [7, 11) is 0. The van der Waals surface area contributed by atoms with Crippen LogP contribution < -0.4 is 15.4 Å². The van der Waals surface area contributed by atoms with E-state index in [2.05, 4.69) is 0 Å². The van der Waals surface area contributed by atoms with Gasteiger partial charge in [-0.3, -0.25) is 0 Å². The molecule has 3 rings (SSSR count). The molecule has 1 aliphatic heterocycles. The van der Waals surface area contributed by atoms with E-state index < -0.39 is 11.6 Å². The van der Waals surface area contributed by atoms with Gasteiger partial charge in [-0.15, -0.1) is 0 Å². The molecule has 0 saturated heterocycles. The molecule has 1 atom stereocenters. The number of hydrogen-bond donors (Lipinski definition) is 1. The van der Waals surface area contributed by atoms with Gasteiger partial charge in [0.05, 0.1) is 6.04 Å². The van der Waals surface area contributed by atoms with E-state index in [0.29, 0.717) is 17.7 Å². The Bertz CT molecular complexity index is 738. The summed E-state index contributed by atoms with van der Waals surface area (Å²) in [5, 5.41) is 0. The summed E-state index contributed by atoms with van der Waals surface area (Å²) in [6, 6.07) is 9.62. The van der Waals surface area contributed by atoms with Crippen LogP contribution in [0, 0.1) is 11.6 Å². The predicted octanol–water partition coefficient (Wildman–Crippen LogP) is 4.16. The van der Waals surface area contributed by atoms with Gasteiger partial charge in [-0.1, -0.05) is 0 Å². The number of halogens is 2. The van der Waals surface area contributed by atoms with Crippen LogP contribution in [0.15, 0.2) is 36.4 Å². The Morgan fingerprint density at radius 2 is 1.83 bits per heavy atom. The summed E-state index contributed by atoms with van der Waals surface area (Å²) in [4.78, 5) is 1.99. The molecule has 24 heavy (non-hydrogen) atoms. The summed E-state index contributed by atoms with van der Waals surface area (Å²) in [5.74, 6) is -0.321. The minimum Gasteiger partial charge on any atom is -0.488 e. The third-order valence-corrected chi connectivity index (χ3v) is 4.05. The first-order valence-corrected chi connectivity index (χ1v) is 8.02. The van der Waals surface area contributed by atoms with Gasteiger partial charge in [-0.05, 0) is 56.7 Å². The summed E-state index contributed by atoms with van der Waals surface area (Å²) < 4.78 is 33.5. The molecule has 0 aliphatic carbocycles. The lowest BCUT2D eigenvalue weighted by Gasteiger charge is -2.27. The van der Waals surface area contributed by atoms with Gasteiger partial charge in [-0.25, -0.2) is 8.78 Å². The zero-order chi connectivity index (χ0) is 17.5. The maximum Gasteiger partial charge on any atom is 0.131 e. The van der Waals surface area contributed by atoms with Crippen molar-refractivity contribution >= 4 is 5.69 Å². The molecular weight excluding hydrogens is 310 g/mol.